The Labute approximate surface area is 256 Å². The van der Waals surface area contributed by atoms with Crippen LogP contribution in [0.2, 0.25) is 0 Å². The fraction of sp³-hybridized carbons (Fsp3) is 0.812. The van der Waals surface area contributed by atoms with Crippen LogP contribution in [0.25, 0.3) is 0 Å². The average Bonchev–Trinajstić information content (AvgIpc) is 2.92. The first-order chi connectivity index (χ1) is 19.8. The molecule has 0 aromatic heterocycles. The van der Waals surface area contributed by atoms with Crippen LogP contribution in [0.15, 0.2) is 11.6 Å². The highest BCUT2D eigenvalue weighted by molar-refractivity contribution is 6.00. The number of ketones is 2. The predicted octanol–water partition coefficient (Wildman–Crippen LogP) is 3.24. The normalized spacial score (nSPS) is 41.7. The summed E-state index contributed by atoms with van der Waals surface area (Å²) in [5.41, 5.74) is -2.56. The molecule has 2 aliphatic rings. The summed E-state index contributed by atoms with van der Waals surface area (Å²) >= 11 is 0. The zero-order valence-corrected chi connectivity index (χ0v) is 28.0. The number of methoxy groups -OCH3 is 1. The van der Waals surface area contributed by atoms with Gasteiger partial charge in [0.2, 0.25) is 0 Å². The van der Waals surface area contributed by atoms with Gasteiger partial charge in [0.1, 0.15) is 17.6 Å². The summed E-state index contributed by atoms with van der Waals surface area (Å²) in [6.45, 7) is 14.6. The number of carbonyl (C=O) groups excluding carboxylic acids is 4. The van der Waals surface area contributed by atoms with Gasteiger partial charge in [-0.3, -0.25) is 19.2 Å². The number of likely N-dealkylation sites (N-methyl/N-ethyl adjacent to an activating group) is 1. The Morgan fingerprint density at radius 2 is 1.74 bits per heavy atom. The molecule has 0 saturated carbocycles. The number of allylic oxidation sites excluding steroid dienone is 1. The van der Waals surface area contributed by atoms with Crippen LogP contribution in [-0.4, -0.2) is 103 Å². The fourth-order valence-corrected chi connectivity index (χ4v) is 6.42. The molecule has 0 spiro atoms. The summed E-state index contributed by atoms with van der Waals surface area (Å²) < 4.78 is 30.2. The van der Waals surface area contributed by atoms with E-state index in [0.29, 0.717) is 12.0 Å². The Bertz CT molecular complexity index is 1050. The Balaban J connectivity index is 2.68. The fourth-order valence-electron chi connectivity index (χ4n) is 6.42. The first-order valence-electron chi connectivity index (χ1n) is 15.2. The number of rotatable bonds is 6. The number of hydrogen-bond acceptors (Lipinski definition) is 11. The van der Waals surface area contributed by atoms with E-state index in [9.17, 15) is 24.3 Å². The molecule has 2 rings (SSSR count). The van der Waals surface area contributed by atoms with Crippen LogP contribution in [0.4, 0.5) is 0 Å². The first-order valence-corrected chi connectivity index (χ1v) is 15.2. The highest BCUT2D eigenvalue weighted by Crippen LogP contribution is 2.38. The lowest BCUT2D eigenvalue weighted by Crippen LogP contribution is -2.60. The van der Waals surface area contributed by atoms with Crippen molar-refractivity contribution in [3.05, 3.63) is 11.6 Å². The largest absolute Gasteiger partial charge is 0.458 e. The summed E-state index contributed by atoms with van der Waals surface area (Å²) in [6.07, 6.45) is -1.76. The Kier molecular flexibility index (Phi) is 12.7. The molecule has 2 heterocycles. The molecule has 0 aromatic rings. The number of Topliss-reactive ketones (excluding diaryl/α,β-unsaturated/α-hetero) is 2. The smallest absolute Gasteiger partial charge is 0.316 e. The third-order valence-electron chi connectivity index (χ3n) is 8.92. The maximum Gasteiger partial charge on any atom is 0.316 e. The van der Waals surface area contributed by atoms with E-state index in [1.165, 1.54) is 34.0 Å². The van der Waals surface area contributed by atoms with Gasteiger partial charge < -0.3 is 33.7 Å². The van der Waals surface area contributed by atoms with Crippen molar-refractivity contribution >= 4 is 23.5 Å². The number of hydrogen-bond donors (Lipinski definition) is 1. The van der Waals surface area contributed by atoms with Gasteiger partial charge in [0.05, 0.1) is 23.9 Å². The second-order valence-electron chi connectivity index (χ2n) is 13.0. The van der Waals surface area contributed by atoms with Crippen LogP contribution < -0.4 is 0 Å². The molecule has 0 unspecified atom stereocenters. The number of nitrogens with zero attached hydrogens (tertiary/aromatic N) is 1. The average molecular weight is 612 g/mol. The molecule has 0 aliphatic carbocycles. The van der Waals surface area contributed by atoms with E-state index in [4.69, 9.17) is 23.7 Å². The highest BCUT2D eigenvalue weighted by Gasteiger charge is 2.50. The number of carbonyl (C=O) groups is 4. The van der Waals surface area contributed by atoms with Crippen LogP contribution in [0.3, 0.4) is 0 Å². The van der Waals surface area contributed by atoms with Gasteiger partial charge in [-0.1, -0.05) is 20.8 Å². The lowest BCUT2D eigenvalue weighted by Gasteiger charge is -2.47. The molecule has 11 atom stereocenters. The Hall–Kier alpha value is -2.18. The maximum absolute atomic E-state index is 13.9. The SMILES string of the molecule is CC[C@H]1OC(=O)[C@H](C)C(=O)[C@H](C)[C@@H](O[C@@H]2O[C@H](C)C[C@H](N(C)C)[C@H]2OC(C)=O)[C@](C)(OC)C[C@@H](C)C(=O)/C(C)=C/[C@]1(C)O. The monoisotopic (exact) mass is 611 g/mol. The van der Waals surface area contributed by atoms with Crippen LogP contribution in [0.1, 0.15) is 81.6 Å². The minimum atomic E-state index is -1.64. The van der Waals surface area contributed by atoms with E-state index in [2.05, 4.69) is 0 Å². The third kappa shape index (κ3) is 8.72. The number of esters is 2. The summed E-state index contributed by atoms with van der Waals surface area (Å²) in [6, 6.07) is -0.239. The molecule has 0 aromatic carbocycles. The van der Waals surface area contributed by atoms with Gasteiger partial charge in [0.25, 0.3) is 0 Å². The number of cyclic esters (lactones) is 1. The standard InChI is InChI=1S/C32H53NO10/c1-13-24-31(8,38)15-17(2)25(35)18(3)16-32(9,39-12)28(20(5)26(36)21(6)29(37)42-24)43-30-27(41-22(7)34)23(33(10)11)14-19(4)40-30/h15,18-21,23-24,27-28,30,38H,13-14,16H2,1-12H3/b17-15+/t18-,19-,20+,21-,23+,24-,27-,28-,30+,31+,32-/m1/s1. The van der Waals surface area contributed by atoms with Gasteiger partial charge in [0.15, 0.2) is 24.0 Å². The molecule has 0 bridgehead atoms. The van der Waals surface area contributed by atoms with Gasteiger partial charge in [-0.25, -0.2) is 0 Å². The minimum Gasteiger partial charge on any atom is -0.458 e. The van der Waals surface area contributed by atoms with E-state index in [0.717, 1.165) is 0 Å². The van der Waals surface area contributed by atoms with Gasteiger partial charge in [0, 0.05) is 25.9 Å². The maximum atomic E-state index is 13.9. The number of aliphatic hydroxyl groups is 1. The Morgan fingerprint density at radius 1 is 1.14 bits per heavy atom. The Morgan fingerprint density at radius 3 is 2.26 bits per heavy atom. The van der Waals surface area contributed by atoms with Gasteiger partial charge >= 0.3 is 11.9 Å². The quantitative estimate of drug-likeness (QED) is 0.350. The van der Waals surface area contributed by atoms with Crippen molar-refractivity contribution in [2.45, 2.75) is 130 Å². The van der Waals surface area contributed by atoms with Crippen LogP contribution in [0.5, 0.6) is 0 Å². The molecule has 43 heavy (non-hydrogen) atoms. The van der Waals surface area contributed by atoms with E-state index >= 15 is 0 Å². The summed E-state index contributed by atoms with van der Waals surface area (Å²) in [5, 5.41) is 11.2. The van der Waals surface area contributed by atoms with E-state index in [-0.39, 0.29) is 30.8 Å². The third-order valence-corrected chi connectivity index (χ3v) is 8.92. The van der Waals surface area contributed by atoms with Crippen LogP contribution in [-0.2, 0) is 42.9 Å². The molecule has 1 saturated heterocycles. The molecule has 1 fully saturated rings. The summed E-state index contributed by atoms with van der Waals surface area (Å²) in [7, 11) is 5.22. The highest BCUT2D eigenvalue weighted by atomic mass is 16.7. The molecular formula is C32H53NO10. The van der Waals surface area contributed by atoms with Crippen molar-refractivity contribution in [1.82, 2.24) is 4.90 Å². The number of ether oxygens (including phenoxy) is 5. The molecule has 246 valence electrons. The van der Waals surface area contributed by atoms with Crippen molar-refractivity contribution in [3.63, 3.8) is 0 Å². The lowest BCUT2D eigenvalue weighted by molar-refractivity contribution is -0.297. The summed E-state index contributed by atoms with van der Waals surface area (Å²) in [4.78, 5) is 54.8. The van der Waals surface area contributed by atoms with E-state index in [1.54, 1.807) is 34.6 Å². The lowest BCUT2D eigenvalue weighted by atomic mass is 9.77. The molecule has 11 nitrogen and oxygen atoms in total. The molecule has 0 amide bonds. The van der Waals surface area contributed by atoms with Crippen LogP contribution in [0, 0.1) is 17.8 Å². The zero-order valence-electron chi connectivity index (χ0n) is 28.0. The van der Waals surface area contributed by atoms with Crippen molar-refractivity contribution in [1.29, 1.82) is 0 Å². The summed E-state index contributed by atoms with van der Waals surface area (Å²) in [5.74, 6) is -4.73. The molecule has 11 heteroatoms. The van der Waals surface area contributed by atoms with Crippen molar-refractivity contribution in [2.24, 2.45) is 17.8 Å². The molecule has 1 N–H and O–H groups in total. The van der Waals surface area contributed by atoms with Gasteiger partial charge in [-0.2, -0.15) is 0 Å². The molecule has 0 radical (unpaired) electrons. The predicted molar refractivity (Wildman–Crippen MR) is 159 cm³/mol. The van der Waals surface area contributed by atoms with Crippen molar-refractivity contribution in [2.75, 3.05) is 21.2 Å². The van der Waals surface area contributed by atoms with Crippen molar-refractivity contribution in [3.8, 4) is 0 Å². The van der Waals surface area contributed by atoms with Crippen LogP contribution >= 0.6 is 0 Å². The second-order valence-corrected chi connectivity index (χ2v) is 13.0. The topological polar surface area (TPSA) is 138 Å². The van der Waals surface area contributed by atoms with E-state index < -0.39 is 71.3 Å². The van der Waals surface area contributed by atoms with Gasteiger partial charge in [-0.15, -0.1) is 0 Å². The second kappa shape index (κ2) is 14.7. The van der Waals surface area contributed by atoms with Crippen molar-refractivity contribution < 1.29 is 48.0 Å². The first kappa shape index (κ1) is 37.0. The minimum absolute atomic E-state index is 0.144. The van der Waals surface area contributed by atoms with Gasteiger partial charge in [-0.05, 0) is 79.6 Å². The molecular weight excluding hydrogens is 558 g/mol. The molecule has 2 aliphatic heterocycles. The van der Waals surface area contributed by atoms with E-state index in [1.807, 2.05) is 25.9 Å². The zero-order chi connectivity index (χ0) is 33.0.